The molecule has 0 aromatic heterocycles. The standard InChI is InChI=1S/C15H29N3O3/c1-15(2)8-6-11-18(12(15)13(19)20)14(21)17(5)10-7-9-16(3)4/h12H,6-11H2,1-5H3,(H,19,20). The highest BCUT2D eigenvalue weighted by Crippen LogP contribution is 2.35. The number of piperidine rings is 1. The van der Waals surface area contributed by atoms with E-state index in [0.29, 0.717) is 13.1 Å². The first-order valence-electron chi connectivity index (χ1n) is 7.56. The van der Waals surface area contributed by atoms with Crippen molar-refractivity contribution >= 4 is 12.0 Å². The molecule has 0 spiro atoms. The van der Waals surface area contributed by atoms with E-state index in [1.54, 1.807) is 11.9 Å². The number of hydrogen-bond donors (Lipinski definition) is 1. The van der Waals surface area contributed by atoms with Crippen molar-refractivity contribution in [2.45, 2.75) is 39.2 Å². The van der Waals surface area contributed by atoms with E-state index in [4.69, 9.17) is 0 Å². The van der Waals surface area contributed by atoms with Gasteiger partial charge in [0.2, 0.25) is 0 Å². The summed E-state index contributed by atoms with van der Waals surface area (Å²) in [5, 5.41) is 9.50. The zero-order chi connectivity index (χ0) is 16.2. The minimum Gasteiger partial charge on any atom is -0.480 e. The molecule has 6 nitrogen and oxygen atoms in total. The first kappa shape index (κ1) is 17.8. The van der Waals surface area contributed by atoms with Crippen molar-refractivity contribution < 1.29 is 14.7 Å². The maximum atomic E-state index is 12.6. The van der Waals surface area contributed by atoms with Gasteiger partial charge in [-0.2, -0.15) is 0 Å². The number of hydrogen-bond acceptors (Lipinski definition) is 3. The third-order valence-corrected chi connectivity index (χ3v) is 4.18. The summed E-state index contributed by atoms with van der Waals surface area (Å²) in [6.45, 7) is 5.93. The molecule has 1 unspecified atom stereocenters. The molecule has 1 aliphatic rings. The molecule has 0 saturated carbocycles. The number of carboxylic acids is 1. The van der Waals surface area contributed by atoms with Crippen LogP contribution >= 0.6 is 0 Å². The predicted molar refractivity (Wildman–Crippen MR) is 82.3 cm³/mol. The molecule has 2 amide bonds. The number of aliphatic carboxylic acids is 1. The smallest absolute Gasteiger partial charge is 0.327 e. The molecule has 1 rings (SSSR count). The molecule has 6 heteroatoms. The maximum absolute atomic E-state index is 12.6. The van der Waals surface area contributed by atoms with E-state index in [0.717, 1.165) is 25.8 Å². The van der Waals surface area contributed by atoms with Crippen LogP contribution in [-0.2, 0) is 4.79 Å². The summed E-state index contributed by atoms with van der Waals surface area (Å²) in [6, 6.07) is -0.913. The Labute approximate surface area is 127 Å². The normalized spacial score (nSPS) is 21.4. The van der Waals surface area contributed by atoms with E-state index in [9.17, 15) is 14.7 Å². The number of carbonyl (C=O) groups is 2. The molecule has 0 bridgehead atoms. The first-order chi connectivity index (χ1) is 9.66. The molecule has 1 N–H and O–H groups in total. The van der Waals surface area contributed by atoms with Crippen LogP contribution < -0.4 is 0 Å². The second-order valence-corrected chi connectivity index (χ2v) is 6.89. The molecular weight excluding hydrogens is 270 g/mol. The summed E-state index contributed by atoms with van der Waals surface area (Å²) in [7, 11) is 5.74. The van der Waals surface area contributed by atoms with E-state index >= 15 is 0 Å². The van der Waals surface area contributed by atoms with E-state index in [-0.39, 0.29) is 11.4 Å². The van der Waals surface area contributed by atoms with E-state index in [2.05, 4.69) is 4.90 Å². The number of carboxylic acid groups (broad SMARTS) is 1. The Balaban J connectivity index is 2.72. The Morgan fingerprint density at radius 3 is 2.38 bits per heavy atom. The van der Waals surface area contributed by atoms with Crippen LogP contribution in [0, 0.1) is 5.41 Å². The third kappa shape index (κ3) is 4.59. The lowest BCUT2D eigenvalue weighted by atomic mass is 9.76. The highest BCUT2D eigenvalue weighted by Gasteiger charge is 2.45. The number of carbonyl (C=O) groups excluding carboxylic acids is 1. The van der Waals surface area contributed by atoms with Crippen LogP contribution in [0.25, 0.3) is 0 Å². The van der Waals surface area contributed by atoms with Crippen molar-refractivity contribution in [2.75, 3.05) is 40.8 Å². The number of nitrogens with zero attached hydrogens (tertiary/aromatic N) is 3. The van der Waals surface area contributed by atoms with Gasteiger partial charge in [0.05, 0.1) is 0 Å². The summed E-state index contributed by atoms with van der Waals surface area (Å²) in [5.41, 5.74) is -0.385. The molecule has 21 heavy (non-hydrogen) atoms. The lowest BCUT2D eigenvalue weighted by molar-refractivity contribution is -0.148. The van der Waals surface area contributed by atoms with Crippen LogP contribution in [0.2, 0.25) is 0 Å². The Bertz CT molecular complexity index is 382. The van der Waals surface area contributed by atoms with E-state index in [1.807, 2.05) is 27.9 Å². The van der Waals surface area contributed by atoms with Gasteiger partial charge < -0.3 is 19.8 Å². The van der Waals surface area contributed by atoms with Gasteiger partial charge in [0.25, 0.3) is 0 Å². The van der Waals surface area contributed by atoms with Crippen molar-refractivity contribution in [3.8, 4) is 0 Å². The Morgan fingerprint density at radius 2 is 1.86 bits per heavy atom. The SMILES string of the molecule is CN(C)CCCN(C)C(=O)N1CCCC(C)(C)C1C(=O)O. The Kier molecular flexibility index (Phi) is 6.01. The fourth-order valence-corrected chi connectivity index (χ4v) is 3.01. The average Bonchev–Trinajstić information content (AvgIpc) is 2.35. The summed E-state index contributed by atoms with van der Waals surface area (Å²) in [4.78, 5) is 29.4. The van der Waals surface area contributed by atoms with E-state index < -0.39 is 12.0 Å². The van der Waals surface area contributed by atoms with Crippen LogP contribution in [0.5, 0.6) is 0 Å². The molecule has 0 aromatic rings. The van der Waals surface area contributed by atoms with Gasteiger partial charge in [-0.1, -0.05) is 13.8 Å². The Hall–Kier alpha value is -1.30. The van der Waals surface area contributed by atoms with Gasteiger partial charge in [-0.25, -0.2) is 9.59 Å². The summed E-state index contributed by atoms with van der Waals surface area (Å²) >= 11 is 0. The van der Waals surface area contributed by atoms with Crippen molar-refractivity contribution in [1.29, 1.82) is 0 Å². The van der Waals surface area contributed by atoms with E-state index in [1.165, 1.54) is 4.90 Å². The zero-order valence-electron chi connectivity index (χ0n) is 13.9. The fourth-order valence-electron chi connectivity index (χ4n) is 3.01. The number of likely N-dealkylation sites (tertiary alicyclic amines) is 1. The Morgan fingerprint density at radius 1 is 1.24 bits per heavy atom. The molecule has 1 fully saturated rings. The first-order valence-corrected chi connectivity index (χ1v) is 7.56. The van der Waals surface area contributed by atoms with Crippen molar-refractivity contribution in [3.05, 3.63) is 0 Å². The second-order valence-electron chi connectivity index (χ2n) is 6.89. The third-order valence-electron chi connectivity index (χ3n) is 4.18. The van der Waals surface area contributed by atoms with Gasteiger partial charge in [0, 0.05) is 20.1 Å². The van der Waals surface area contributed by atoms with Crippen molar-refractivity contribution in [2.24, 2.45) is 5.41 Å². The number of rotatable bonds is 5. The largest absolute Gasteiger partial charge is 0.480 e. The van der Waals surface area contributed by atoms with Gasteiger partial charge in [0.15, 0.2) is 0 Å². The van der Waals surface area contributed by atoms with Gasteiger partial charge in [-0.3, -0.25) is 0 Å². The number of urea groups is 1. The average molecular weight is 299 g/mol. The molecule has 122 valence electrons. The number of amides is 2. The molecule has 1 heterocycles. The molecule has 0 aromatic carbocycles. The highest BCUT2D eigenvalue weighted by molar-refractivity contribution is 5.83. The minimum atomic E-state index is -0.908. The van der Waals surface area contributed by atoms with Gasteiger partial charge in [-0.15, -0.1) is 0 Å². The van der Waals surface area contributed by atoms with Crippen LogP contribution in [-0.4, -0.2) is 78.6 Å². The fraction of sp³-hybridized carbons (Fsp3) is 0.867. The summed E-state index contributed by atoms with van der Waals surface area (Å²) in [6.07, 6.45) is 2.57. The van der Waals surface area contributed by atoms with Gasteiger partial charge >= 0.3 is 12.0 Å². The van der Waals surface area contributed by atoms with Gasteiger partial charge in [0.1, 0.15) is 6.04 Å². The molecule has 1 aliphatic heterocycles. The molecule has 1 atom stereocenters. The second kappa shape index (κ2) is 7.11. The summed E-state index contributed by atoms with van der Waals surface area (Å²) < 4.78 is 0. The lowest BCUT2D eigenvalue weighted by Gasteiger charge is -2.45. The van der Waals surface area contributed by atoms with Gasteiger partial charge in [-0.05, 0) is 45.3 Å². The van der Waals surface area contributed by atoms with Crippen molar-refractivity contribution in [3.63, 3.8) is 0 Å². The molecule has 1 saturated heterocycles. The van der Waals surface area contributed by atoms with Crippen LogP contribution in [0.4, 0.5) is 4.79 Å². The molecular formula is C15H29N3O3. The molecule has 0 aliphatic carbocycles. The van der Waals surface area contributed by atoms with Crippen LogP contribution in [0.1, 0.15) is 33.1 Å². The highest BCUT2D eigenvalue weighted by atomic mass is 16.4. The van der Waals surface area contributed by atoms with Crippen LogP contribution in [0.3, 0.4) is 0 Å². The molecule has 0 radical (unpaired) electrons. The van der Waals surface area contributed by atoms with Crippen LogP contribution in [0.15, 0.2) is 0 Å². The van der Waals surface area contributed by atoms with Crippen molar-refractivity contribution in [1.82, 2.24) is 14.7 Å². The predicted octanol–water partition coefficient (Wildman–Crippen LogP) is 1.57. The minimum absolute atomic E-state index is 0.172. The lowest BCUT2D eigenvalue weighted by Crippen LogP contribution is -2.59. The summed E-state index contributed by atoms with van der Waals surface area (Å²) in [5.74, 6) is -0.908. The quantitative estimate of drug-likeness (QED) is 0.837. The maximum Gasteiger partial charge on any atom is 0.327 e. The topological polar surface area (TPSA) is 64.1 Å². The zero-order valence-corrected chi connectivity index (χ0v) is 13.9. The monoisotopic (exact) mass is 299 g/mol.